The van der Waals surface area contributed by atoms with Crippen molar-refractivity contribution in [2.75, 3.05) is 43.7 Å². The zero-order valence-corrected chi connectivity index (χ0v) is 29.5. The monoisotopic (exact) mass is 726 g/mol. The normalized spacial score (nSPS) is 17.7. The van der Waals surface area contributed by atoms with Crippen LogP contribution in [0.4, 0.5) is 33.7 Å². The molecule has 1 amide bonds. The number of likely N-dealkylation sites (tertiary alicyclic amines) is 1. The van der Waals surface area contributed by atoms with Crippen molar-refractivity contribution in [3.8, 4) is 16.5 Å². The van der Waals surface area contributed by atoms with Gasteiger partial charge in [0.2, 0.25) is 0 Å². The van der Waals surface area contributed by atoms with Crippen LogP contribution < -0.4 is 15.0 Å². The van der Waals surface area contributed by atoms with Crippen molar-refractivity contribution in [2.24, 2.45) is 0 Å². The number of ether oxygens (including phenoxy) is 2. The summed E-state index contributed by atoms with van der Waals surface area (Å²) in [5.74, 6) is 0.0731. The van der Waals surface area contributed by atoms with Crippen molar-refractivity contribution >= 4 is 49.5 Å². The predicted molar refractivity (Wildman–Crippen MR) is 180 cm³/mol. The molecule has 1 N–H and O–H groups in total. The van der Waals surface area contributed by atoms with Gasteiger partial charge in [0.1, 0.15) is 29.1 Å². The Kier molecular flexibility index (Phi) is 10.2. The first-order valence-corrected chi connectivity index (χ1v) is 18.0. The standard InChI is InChI=1S/C32H38F4N6O5S2/c1-31(2,3)47-30(43)41(25-11-10-19(49(6,44)45)14-27(25)46-5)17-28-38-39-29(48-28)26-15-20-22(37-23-12-13-40(4)16-21(23)33)8-7-9-24(20)42(26)18-32(34,35)36/h7-11,14-15,21,23,37H,12-13,16-18H2,1-6H3/t21-,23+/m0/s1. The summed E-state index contributed by atoms with van der Waals surface area (Å²) in [4.78, 5) is 16.5. The smallest absolute Gasteiger partial charge is 0.415 e. The molecule has 2 atom stereocenters. The van der Waals surface area contributed by atoms with Gasteiger partial charge < -0.3 is 24.3 Å². The van der Waals surface area contributed by atoms with Crippen LogP contribution in [0.5, 0.6) is 5.75 Å². The van der Waals surface area contributed by atoms with Gasteiger partial charge in [0.15, 0.2) is 14.8 Å². The van der Waals surface area contributed by atoms with E-state index < -0.39 is 46.5 Å². The van der Waals surface area contributed by atoms with E-state index in [0.29, 0.717) is 24.0 Å². The maximum absolute atomic E-state index is 14.9. The van der Waals surface area contributed by atoms with Gasteiger partial charge in [-0.25, -0.2) is 17.6 Å². The highest BCUT2D eigenvalue weighted by Crippen LogP contribution is 2.38. The van der Waals surface area contributed by atoms with E-state index in [0.717, 1.165) is 22.2 Å². The van der Waals surface area contributed by atoms with Gasteiger partial charge in [-0.15, -0.1) is 10.2 Å². The highest BCUT2D eigenvalue weighted by atomic mass is 32.2. The molecule has 0 saturated carbocycles. The molecule has 0 spiro atoms. The number of amides is 1. The number of alkyl halides is 4. The topological polar surface area (TPSA) is 119 Å². The van der Waals surface area contributed by atoms with Gasteiger partial charge in [-0.3, -0.25) is 4.90 Å². The fourth-order valence-corrected chi connectivity index (χ4v) is 7.08. The van der Waals surface area contributed by atoms with Crippen LogP contribution in [0.25, 0.3) is 21.6 Å². The Morgan fingerprint density at radius 1 is 1.14 bits per heavy atom. The molecule has 0 aliphatic carbocycles. The molecule has 2 aromatic carbocycles. The lowest BCUT2D eigenvalue weighted by Crippen LogP contribution is -2.46. The Morgan fingerprint density at radius 3 is 2.51 bits per heavy atom. The first-order chi connectivity index (χ1) is 22.8. The Balaban J connectivity index is 1.54. The highest BCUT2D eigenvalue weighted by molar-refractivity contribution is 7.90. The van der Waals surface area contributed by atoms with Crippen LogP contribution in [0.15, 0.2) is 47.4 Å². The maximum Gasteiger partial charge on any atom is 0.415 e. The average molecular weight is 727 g/mol. The quantitative estimate of drug-likeness (QED) is 0.192. The molecular weight excluding hydrogens is 689 g/mol. The first-order valence-electron chi connectivity index (χ1n) is 15.3. The second kappa shape index (κ2) is 13.7. The summed E-state index contributed by atoms with van der Waals surface area (Å²) in [7, 11) is -0.442. The second-order valence-electron chi connectivity index (χ2n) is 13.0. The number of carbonyl (C=O) groups is 1. The van der Waals surface area contributed by atoms with Crippen molar-refractivity contribution in [3.05, 3.63) is 47.5 Å². The summed E-state index contributed by atoms with van der Waals surface area (Å²) in [6, 6.07) is 9.98. The van der Waals surface area contributed by atoms with E-state index in [1.165, 1.54) is 30.2 Å². The molecule has 1 aliphatic heterocycles. The third-order valence-corrected chi connectivity index (χ3v) is 9.87. The summed E-state index contributed by atoms with van der Waals surface area (Å²) in [5.41, 5.74) is 0.208. The van der Waals surface area contributed by atoms with Gasteiger partial charge in [0.05, 0.1) is 41.5 Å². The molecule has 0 radical (unpaired) electrons. The molecule has 49 heavy (non-hydrogen) atoms. The Labute approximate surface area is 285 Å². The molecule has 4 aromatic rings. The number of hydrogen-bond donors (Lipinski definition) is 1. The van der Waals surface area contributed by atoms with Gasteiger partial charge in [0.25, 0.3) is 0 Å². The lowest BCUT2D eigenvalue weighted by atomic mass is 10.0. The molecule has 2 aromatic heterocycles. The number of benzene rings is 2. The number of fused-ring (bicyclic) bond motifs is 1. The number of aromatic nitrogens is 3. The van der Waals surface area contributed by atoms with E-state index in [-0.39, 0.29) is 50.6 Å². The van der Waals surface area contributed by atoms with E-state index in [1.807, 2.05) is 11.9 Å². The van der Waals surface area contributed by atoms with E-state index >= 15 is 0 Å². The van der Waals surface area contributed by atoms with Crippen molar-refractivity contribution < 1.29 is 40.2 Å². The summed E-state index contributed by atoms with van der Waals surface area (Å²) >= 11 is 0.980. The third kappa shape index (κ3) is 8.62. The van der Waals surface area contributed by atoms with E-state index in [1.54, 1.807) is 45.0 Å². The van der Waals surface area contributed by atoms with Crippen LogP contribution in [-0.4, -0.2) is 91.7 Å². The van der Waals surface area contributed by atoms with Crippen LogP contribution in [0.1, 0.15) is 32.2 Å². The summed E-state index contributed by atoms with van der Waals surface area (Å²) in [5, 5.41) is 12.5. The summed E-state index contributed by atoms with van der Waals surface area (Å²) in [6.45, 7) is 4.43. The largest absolute Gasteiger partial charge is 0.495 e. The van der Waals surface area contributed by atoms with Crippen molar-refractivity contribution in [2.45, 2.75) is 69.2 Å². The number of hydrogen-bond acceptors (Lipinski definition) is 10. The molecule has 266 valence electrons. The van der Waals surface area contributed by atoms with Gasteiger partial charge in [-0.05, 0) is 64.6 Å². The van der Waals surface area contributed by atoms with Crippen LogP contribution in [0, 0.1) is 0 Å². The number of halogens is 4. The minimum atomic E-state index is -4.57. The number of sulfone groups is 1. The molecule has 0 unspecified atom stereocenters. The van der Waals surface area contributed by atoms with Crippen molar-refractivity contribution in [3.63, 3.8) is 0 Å². The fraction of sp³-hybridized carbons (Fsp3) is 0.469. The predicted octanol–water partition coefficient (Wildman–Crippen LogP) is 6.53. The number of methoxy groups -OCH3 is 1. The molecule has 1 aliphatic rings. The van der Waals surface area contributed by atoms with Gasteiger partial charge in [-0.2, -0.15) is 13.2 Å². The van der Waals surface area contributed by atoms with Gasteiger partial charge in [-0.1, -0.05) is 17.4 Å². The van der Waals surface area contributed by atoms with Crippen molar-refractivity contribution in [1.82, 2.24) is 19.7 Å². The van der Waals surface area contributed by atoms with Crippen LogP contribution in [0.2, 0.25) is 0 Å². The number of nitrogens with one attached hydrogen (secondary N) is 1. The number of rotatable bonds is 9. The fourth-order valence-electron chi connectivity index (χ4n) is 5.59. The summed E-state index contributed by atoms with van der Waals surface area (Å²) in [6.07, 6.45) is -4.96. The Bertz CT molecular complexity index is 1940. The molecular formula is C32H38F4N6O5S2. The molecule has 17 heteroatoms. The third-order valence-electron chi connectivity index (χ3n) is 7.83. The Morgan fingerprint density at radius 2 is 1.88 bits per heavy atom. The molecule has 1 fully saturated rings. The average Bonchev–Trinajstić information content (AvgIpc) is 3.60. The minimum absolute atomic E-state index is 0.0281. The molecule has 5 rings (SSSR count). The number of piperidine rings is 1. The van der Waals surface area contributed by atoms with E-state index in [2.05, 4.69) is 15.5 Å². The first kappa shape index (κ1) is 36.3. The Hall–Kier alpha value is -3.96. The zero-order chi connectivity index (χ0) is 35.9. The van der Waals surface area contributed by atoms with Crippen LogP contribution >= 0.6 is 11.3 Å². The minimum Gasteiger partial charge on any atom is -0.495 e. The lowest BCUT2D eigenvalue weighted by Gasteiger charge is -2.33. The van der Waals surface area contributed by atoms with E-state index in [9.17, 15) is 30.8 Å². The zero-order valence-electron chi connectivity index (χ0n) is 27.8. The SMILES string of the molecule is COc1cc(S(C)(=O)=O)ccc1N(Cc1nnc(-c2cc3c(N[C@@H]4CCN(C)C[C@@H]4F)cccc3n2CC(F)(F)F)s1)C(=O)OC(C)(C)C. The molecule has 3 heterocycles. The highest BCUT2D eigenvalue weighted by Gasteiger charge is 2.33. The number of nitrogens with zero attached hydrogens (tertiary/aromatic N) is 5. The van der Waals surface area contributed by atoms with Crippen LogP contribution in [-0.2, 0) is 27.7 Å². The lowest BCUT2D eigenvalue weighted by molar-refractivity contribution is -0.139. The molecule has 11 nitrogen and oxygen atoms in total. The molecule has 1 saturated heterocycles. The maximum atomic E-state index is 14.9. The summed E-state index contributed by atoms with van der Waals surface area (Å²) < 4.78 is 93.2. The molecule has 0 bridgehead atoms. The van der Waals surface area contributed by atoms with E-state index in [4.69, 9.17) is 9.47 Å². The second-order valence-corrected chi connectivity index (χ2v) is 16.0. The van der Waals surface area contributed by atoms with Gasteiger partial charge in [0, 0.05) is 36.5 Å². The number of anilines is 2. The van der Waals surface area contributed by atoms with Crippen LogP contribution in [0.3, 0.4) is 0 Å². The van der Waals surface area contributed by atoms with Gasteiger partial charge >= 0.3 is 12.3 Å². The number of carbonyl (C=O) groups excluding carboxylic acids is 1. The van der Waals surface area contributed by atoms with Crippen molar-refractivity contribution in [1.29, 1.82) is 0 Å².